The van der Waals surface area contributed by atoms with E-state index >= 15 is 0 Å². The maximum absolute atomic E-state index is 11.6. The van der Waals surface area contributed by atoms with Gasteiger partial charge in [-0.1, -0.05) is 0 Å². The number of nitrogens with two attached hydrogens (primary N) is 1. The van der Waals surface area contributed by atoms with Crippen LogP contribution in [0.1, 0.15) is 12.8 Å². The van der Waals surface area contributed by atoms with Gasteiger partial charge in [0.15, 0.2) is 0 Å². The molecule has 0 saturated carbocycles. The molecule has 13 heavy (non-hydrogen) atoms. The fourth-order valence-corrected chi connectivity index (χ4v) is 0.549. The average molecular weight is 197 g/mol. The van der Waals surface area contributed by atoms with Gasteiger partial charge in [0.2, 0.25) is 0 Å². The molecule has 0 heterocycles. The molecule has 0 spiro atoms. The maximum atomic E-state index is 11.6. The Morgan fingerprint density at radius 3 is 2.38 bits per heavy atom. The van der Waals surface area contributed by atoms with E-state index < -0.39 is 17.9 Å². The Bertz CT molecular complexity index is 202. The zero-order valence-electron chi connectivity index (χ0n) is 6.74. The van der Waals surface area contributed by atoms with Crippen molar-refractivity contribution in [3.63, 3.8) is 0 Å². The summed E-state index contributed by atoms with van der Waals surface area (Å²) >= 11 is 0. The highest BCUT2D eigenvalue weighted by atomic mass is 19.4. The van der Waals surface area contributed by atoms with E-state index in [9.17, 15) is 18.0 Å². The van der Waals surface area contributed by atoms with Crippen molar-refractivity contribution in [2.24, 2.45) is 5.73 Å². The number of alkyl halides is 3. The van der Waals surface area contributed by atoms with Gasteiger partial charge in [-0.15, -0.1) is 0 Å². The van der Waals surface area contributed by atoms with Crippen LogP contribution in [0.15, 0.2) is 0 Å². The molecule has 0 radical (unpaired) electrons. The maximum Gasteiger partial charge on any atom is 0.471 e. The number of carbonyl (C=O) groups is 1. The minimum Gasteiger partial charge on any atom is -0.330 e. The summed E-state index contributed by atoms with van der Waals surface area (Å²) in [4.78, 5) is 10.2. The largest absolute Gasteiger partial charge is 0.471 e. The second-order valence-electron chi connectivity index (χ2n) is 2.32. The van der Waals surface area contributed by atoms with Crippen LogP contribution in [-0.4, -0.2) is 24.5 Å². The highest BCUT2D eigenvalue weighted by Crippen LogP contribution is 2.13. The number of rotatable bonds is 3. The van der Waals surface area contributed by atoms with Crippen molar-refractivity contribution < 1.29 is 18.0 Å². The van der Waals surface area contributed by atoms with E-state index in [1.807, 2.05) is 0 Å². The second kappa shape index (κ2) is 4.80. The lowest BCUT2D eigenvalue weighted by Gasteiger charge is -2.07. The molecule has 4 N–H and O–H groups in total. The molecule has 0 fully saturated rings. The molecule has 0 aromatic heterocycles. The number of carbonyl (C=O) groups excluding carboxylic acids is 1. The average Bonchev–Trinajstić information content (AvgIpc) is 1.99. The molecule has 0 saturated heterocycles. The van der Waals surface area contributed by atoms with Crippen LogP contribution in [0.4, 0.5) is 13.2 Å². The Balaban J connectivity index is 3.86. The van der Waals surface area contributed by atoms with E-state index in [0.717, 1.165) is 0 Å². The van der Waals surface area contributed by atoms with Crippen molar-refractivity contribution in [2.75, 3.05) is 6.54 Å². The first-order chi connectivity index (χ1) is 5.88. The van der Waals surface area contributed by atoms with Gasteiger partial charge in [-0.25, -0.2) is 0 Å². The third kappa shape index (κ3) is 5.18. The third-order valence-corrected chi connectivity index (χ3v) is 1.15. The lowest BCUT2D eigenvalue weighted by atomic mass is 10.3. The zero-order valence-corrected chi connectivity index (χ0v) is 6.74. The Hall–Kier alpha value is -1.11. The molecule has 0 atom stereocenters. The lowest BCUT2D eigenvalue weighted by molar-refractivity contribution is -0.171. The summed E-state index contributed by atoms with van der Waals surface area (Å²) < 4.78 is 34.8. The highest BCUT2D eigenvalue weighted by Gasteiger charge is 2.38. The molecule has 0 aromatic rings. The van der Waals surface area contributed by atoms with Crippen molar-refractivity contribution in [1.82, 2.24) is 5.32 Å². The van der Waals surface area contributed by atoms with Crippen LogP contribution in [0, 0.1) is 5.41 Å². The van der Waals surface area contributed by atoms with E-state index in [2.05, 4.69) is 0 Å². The van der Waals surface area contributed by atoms with Crippen LogP contribution < -0.4 is 11.1 Å². The molecule has 0 aliphatic heterocycles. The number of amides is 1. The van der Waals surface area contributed by atoms with Crippen molar-refractivity contribution in [3.05, 3.63) is 0 Å². The normalized spacial score (nSPS) is 11.1. The van der Waals surface area contributed by atoms with Gasteiger partial charge in [0.25, 0.3) is 0 Å². The summed E-state index contributed by atoms with van der Waals surface area (Å²) in [7, 11) is 0. The van der Waals surface area contributed by atoms with Crippen LogP contribution in [0.25, 0.3) is 0 Å². The minimum atomic E-state index is -4.94. The lowest BCUT2D eigenvalue weighted by Crippen LogP contribution is -2.40. The number of hydrogen-bond donors (Lipinski definition) is 3. The van der Waals surface area contributed by atoms with E-state index in [-0.39, 0.29) is 13.0 Å². The molecule has 0 aliphatic carbocycles. The molecule has 7 heteroatoms. The monoisotopic (exact) mass is 197 g/mol. The summed E-state index contributed by atoms with van der Waals surface area (Å²) in [5, 5.41) is 8.33. The zero-order chi connectivity index (χ0) is 10.5. The third-order valence-electron chi connectivity index (χ3n) is 1.15. The Morgan fingerprint density at radius 1 is 1.46 bits per heavy atom. The predicted octanol–water partition coefficient (Wildman–Crippen LogP) is 0.381. The van der Waals surface area contributed by atoms with Gasteiger partial charge in [-0.3, -0.25) is 10.2 Å². The van der Waals surface area contributed by atoms with Gasteiger partial charge < -0.3 is 11.1 Å². The fourth-order valence-electron chi connectivity index (χ4n) is 0.549. The minimum absolute atomic E-state index is 0.0400. The van der Waals surface area contributed by atoms with Gasteiger partial charge in [0.05, 0.1) is 0 Å². The second-order valence-corrected chi connectivity index (χ2v) is 2.32. The number of amidine groups is 1. The molecule has 76 valence electrons. The SMILES string of the molecule is N=C(CCCN)NC(=O)C(F)(F)F. The number of hydrogen-bond acceptors (Lipinski definition) is 3. The molecular weight excluding hydrogens is 187 g/mol. The molecule has 0 aliphatic rings. The topological polar surface area (TPSA) is 79.0 Å². The molecule has 0 rings (SSSR count). The van der Waals surface area contributed by atoms with E-state index in [0.29, 0.717) is 6.42 Å². The van der Waals surface area contributed by atoms with Crippen molar-refractivity contribution in [2.45, 2.75) is 19.0 Å². The van der Waals surface area contributed by atoms with E-state index in [1.165, 1.54) is 5.32 Å². The number of nitrogens with one attached hydrogen (secondary N) is 2. The van der Waals surface area contributed by atoms with Gasteiger partial charge in [-0.2, -0.15) is 13.2 Å². The molecule has 0 unspecified atom stereocenters. The Kier molecular flexibility index (Phi) is 4.39. The van der Waals surface area contributed by atoms with Crippen LogP contribution in [0.3, 0.4) is 0 Å². The van der Waals surface area contributed by atoms with Crippen LogP contribution in [0.5, 0.6) is 0 Å². The molecule has 4 nitrogen and oxygen atoms in total. The van der Waals surface area contributed by atoms with Gasteiger partial charge in [0, 0.05) is 6.42 Å². The van der Waals surface area contributed by atoms with Crippen LogP contribution in [-0.2, 0) is 4.79 Å². The van der Waals surface area contributed by atoms with Crippen molar-refractivity contribution in [1.29, 1.82) is 5.41 Å². The van der Waals surface area contributed by atoms with Gasteiger partial charge >= 0.3 is 12.1 Å². The summed E-state index contributed by atoms with van der Waals surface area (Å²) in [6.45, 7) is 0.268. The van der Waals surface area contributed by atoms with E-state index in [1.54, 1.807) is 0 Å². The van der Waals surface area contributed by atoms with Crippen molar-refractivity contribution >= 4 is 11.7 Å². The molecular formula is C6H10F3N3O. The molecule has 0 aromatic carbocycles. The quantitative estimate of drug-likeness (QED) is 0.451. The summed E-state index contributed by atoms with van der Waals surface area (Å²) in [5.41, 5.74) is 5.06. The Morgan fingerprint density at radius 2 is 2.00 bits per heavy atom. The van der Waals surface area contributed by atoms with Crippen molar-refractivity contribution in [3.8, 4) is 0 Å². The standard InChI is InChI=1S/C6H10F3N3O/c7-6(8,9)5(13)12-4(11)2-1-3-10/h1-3,10H2,(H2,11,12,13). The highest BCUT2D eigenvalue weighted by molar-refractivity contribution is 5.98. The van der Waals surface area contributed by atoms with E-state index in [4.69, 9.17) is 11.1 Å². The van der Waals surface area contributed by atoms with Crippen LogP contribution in [0.2, 0.25) is 0 Å². The summed E-state index contributed by atoms with van der Waals surface area (Å²) in [6.07, 6.45) is -4.52. The molecule has 0 bridgehead atoms. The Labute approximate surface area is 72.8 Å². The first-order valence-corrected chi connectivity index (χ1v) is 3.53. The molecule has 1 amide bonds. The van der Waals surface area contributed by atoms with Gasteiger partial charge in [0.1, 0.15) is 5.84 Å². The fraction of sp³-hybridized carbons (Fsp3) is 0.667. The first-order valence-electron chi connectivity index (χ1n) is 3.53. The summed E-state index contributed by atoms with van der Waals surface area (Å²) in [5.74, 6) is -2.58. The van der Waals surface area contributed by atoms with Crippen LogP contribution >= 0.6 is 0 Å². The first kappa shape index (κ1) is 11.9. The predicted molar refractivity (Wildman–Crippen MR) is 40.2 cm³/mol. The smallest absolute Gasteiger partial charge is 0.330 e. The number of halogens is 3. The summed E-state index contributed by atoms with van der Waals surface area (Å²) in [6, 6.07) is 0. The van der Waals surface area contributed by atoms with Gasteiger partial charge in [-0.05, 0) is 13.0 Å².